The van der Waals surface area contributed by atoms with Crippen LogP contribution in [0.1, 0.15) is 5.56 Å². The van der Waals surface area contributed by atoms with E-state index in [1.54, 1.807) is 0 Å². The molecule has 1 heterocycles. The normalized spacial score (nSPS) is 32.8. The number of benzene rings is 1. The summed E-state index contributed by atoms with van der Waals surface area (Å²) >= 11 is 0. The monoisotopic (exact) mass is 298 g/mol. The number of ether oxygens (including phenoxy) is 3. The molecule has 7 heteroatoms. The van der Waals surface area contributed by atoms with Crippen LogP contribution in [0.5, 0.6) is 0 Å². The molecule has 1 fully saturated rings. The quantitative estimate of drug-likeness (QED) is 0.688. The second kappa shape index (κ2) is 6.97. The molecule has 116 valence electrons. The molecule has 0 saturated carbocycles. The first kappa shape index (κ1) is 15.9. The van der Waals surface area contributed by atoms with Crippen LogP contribution in [0.4, 0.5) is 0 Å². The largest absolute Gasteiger partial charge is 0.479 e. The molecule has 0 bridgehead atoms. The molecule has 0 unspecified atom stereocenters. The minimum Gasteiger partial charge on any atom is -0.479 e. The minimum absolute atomic E-state index is 0.127. The predicted molar refractivity (Wildman–Crippen MR) is 70.3 cm³/mol. The fourth-order valence-electron chi connectivity index (χ4n) is 2.20. The summed E-state index contributed by atoms with van der Waals surface area (Å²) in [5.41, 5.74) is 0.837. The summed E-state index contributed by atoms with van der Waals surface area (Å²) in [6, 6.07) is 9.14. The molecule has 21 heavy (non-hydrogen) atoms. The first-order chi connectivity index (χ1) is 10.0. The molecule has 2 rings (SSSR count). The fourth-order valence-corrected chi connectivity index (χ4v) is 2.20. The lowest BCUT2D eigenvalue weighted by molar-refractivity contribution is -0.296. The van der Waals surface area contributed by atoms with E-state index in [4.69, 9.17) is 19.3 Å². The Morgan fingerprint density at radius 3 is 2.48 bits per heavy atom. The number of rotatable bonds is 5. The summed E-state index contributed by atoms with van der Waals surface area (Å²) < 4.78 is 15.4. The Morgan fingerprint density at radius 1 is 1.24 bits per heavy atom. The van der Waals surface area contributed by atoms with Crippen LogP contribution in [0.25, 0.3) is 0 Å². The van der Waals surface area contributed by atoms with E-state index in [2.05, 4.69) is 0 Å². The third-order valence-electron chi connectivity index (χ3n) is 3.30. The van der Waals surface area contributed by atoms with Crippen molar-refractivity contribution in [3.63, 3.8) is 0 Å². The van der Waals surface area contributed by atoms with Gasteiger partial charge in [-0.05, 0) is 5.56 Å². The van der Waals surface area contributed by atoms with Crippen molar-refractivity contribution >= 4 is 5.97 Å². The first-order valence-electron chi connectivity index (χ1n) is 6.47. The van der Waals surface area contributed by atoms with Crippen molar-refractivity contribution in [2.75, 3.05) is 7.11 Å². The third kappa shape index (κ3) is 3.58. The van der Waals surface area contributed by atoms with Crippen molar-refractivity contribution in [1.29, 1.82) is 0 Å². The van der Waals surface area contributed by atoms with E-state index in [0.29, 0.717) is 0 Å². The molecular weight excluding hydrogens is 280 g/mol. The minimum atomic E-state index is -1.51. The first-order valence-corrected chi connectivity index (χ1v) is 6.47. The Labute approximate surface area is 121 Å². The number of carbonyl (C=O) groups is 1. The van der Waals surface area contributed by atoms with Gasteiger partial charge in [-0.1, -0.05) is 30.3 Å². The molecule has 1 aromatic rings. The standard InChI is InChI=1S/C14H18O7/c1-19-14-10(16)11(9(15)12(21-14)13(17)18)20-7-8-5-3-2-4-6-8/h2-6,9-12,14-16H,7H2,1H3,(H,17,18)/t9-,10+,11-,12-,14-/m0/s1. The number of aliphatic carboxylic acids is 1. The molecule has 7 nitrogen and oxygen atoms in total. The van der Waals surface area contributed by atoms with E-state index < -0.39 is 36.7 Å². The van der Waals surface area contributed by atoms with Crippen LogP contribution >= 0.6 is 0 Å². The zero-order valence-corrected chi connectivity index (χ0v) is 11.5. The zero-order valence-electron chi connectivity index (χ0n) is 11.5. The third-order valence-corrected chi connectivity index (χ3v) is 3.30. The van der Waals surface area contributed by atoms with Gasteiger partial charge >= 0.3 is 5.97 Å². The summed E-state index contributed by atoms with van der Waals surface area (Å²) in [5, 5.41) is 29.1. The highest BCUT2D eigenvalue weighted by Crippen LogP contribution is 2.25. The van der Waals surface area contributed by atoms with Gasteiger partial charge in [-0.3, -0.25) is 0 Å². The lowest BCUT2D eigenvalue weighted by Gasteiger charge is -2.40. The van der Waals surface area contributed by atoms with Gasteiger partial charge in [0.1, 0.15) is 18.3 Å². The van der Waals surface area contributed by atoms with E-state index in [-0.39, 0.29) is 6.61 Å². The van der Waals surface area contributed by atoms with E-state index >= 15 is 0 Å². The summed E-state index contributed by atoms with van der Waals surface area (Å²) in [7, 11) is 1.28. The van der Waals surface area contributed by atoms with Crippen LogP contribution in [0.15, 0.2) is 30.3 Å². The van der Waals surface area contributed by atoms with Crippen LogP contribution < -0.4 is 0 Å². The number of hydrogen-bond donors (Lipinski definition) is 3. The maximum Gasteiger partial charge on any atom is 0.335 e. The molecule has 0 radical (unpaired) electrons. The van der Waals surface area contributed by atoms with Crippen molar-refractivity contribution in [3.8, 4) is 0 Å². The SMILES string of the molecule is CO[C@H]1O[C@H](C(=O)O)[C@@H](O)[C@H](OCc2ccccc2)[C@H]1O. The zero-order chi connectivity index (χ0) is 15.4. The summed E-state index contributed by atoms with van der Waals surface area (Å²) in [6.07, 6.45) is -6.59. The van der Waals surface area contributed by atoms with E-state index in [1.807, 2.05) is 30.3 Å². The molecule has 3 N–H and O–H groups in total. The molecule has 1 aromatic carbocycles. The topological polar surface area (TPSA) is 105 Å². The van der Waals surface area contributed by atoms with Gasteiger partial charge in [-0.25, -0.2) is 4.79 Å². The fraction of sp³-hybridized carbons (Fsp3) is 0.500. The van der Waals surface area contributed by atoms with E-state index in [9.17, 15) is 15.0 Å². The summed E-state index contributed by atoms with van der Waals surface area (Å²) in [5.74, 6) is -1.34. The molecular formula is C14H18O7. The maximum absolute atomic E-state index is 11.1. The van der Waals surface area contributed by atoms with Crippen LogP contribution in [-0.2, 0) is 25.6 Å². The van der Waals surface area contributed by atoms with Gasteiger partial charge in [0.05, 0.1) is 6.61 Å². The molecule has 0 amide bonds. The van der Waals surface area contributed by atoms with Gasteiger partial charge in [0.2, 0.25) is 0 Å². The van der Waals surface area contributed by atoms with Crippen molar-refractivity contribution in [3.05, 3.63) is 35.9 Å². The lowest BCUT2D eigenvalue weighted by Crippen LogP contribution is -2.61. The molecule has 0 aromatic heterocycles. The highest BCUT2D eigenvalue weighted by Gasteiger charge is 2.48. The van der Waals surface area contributed by atoms with Crippen LogP contribution in [-0.4, -0.2) is 59.1 Å². The summed E-state index contributed by atoms with van der Waals surface area (Å²) in [4.78, 5) is 11.1. The molecule has 0 aliphatic carbocycles. The second-order valence-corrected chi connectivity index (χ2v) is 4.74. The average molecular weight is 298 g/mol. The number of carboxylic acids is 1. The second-order valence-electron chi connectivity index (χ2n) is 4.74. The van der Waals surface area contributed by atoms with Gasteiger partial charge in [0.25, 0.3) is 0 Å². The van der Waals surface area contributed by atoms with Gasteiger partial charge in [-0.15, -0.1) is 0 Å². The van der Waals surface area contributed by atoms with E-state index in [0.717, 1.165) is 5.56 Å². The van der Waals surface area contributed by atoms with Crippen LogP contribution in [0, 0.1) is 0 Å². The highest BCUT2D eigenvalue weighted by atomic mass is 16.7. The number of methoxy groups -OCH3 is 1. The number of carboxylic acid groups (broad SMARTS) is 1. The smallest absolute Gasteiger partial charge is 0.335 e. The summed E-state index contributed by atoms with van der Waals surface area (Å²) in [6.45, 7) is 0.127. The Morgan fingerprint density at radius 2 is 1.90 bits per heavy atom. The van der Waals surface area contributed by atoms with Gasteiger partial charge in [0.15, 0.2) is 12.4 Å². The molecule has 1 aliphatic heterocycles. The number of aliphatic hydroxyl groups excluding tert-OH is 2. The Bertz CT molecular complexity index is 464. The van der Waals surface area contributed by atoms with Crippen LogP contribution in [0.2, 0.25) is 0 Å². The van der Waals surface area contributed by atoms with Crippen LogP contribution in [0.3, 0.4) is 0 Å². The molecule has 0 spiro atoms. The molecule has 1 saturated heterocycles. The number of hydrogen-bond acceptors (Lipinski definition) is 6. The lowest BCUT2D eigenvalue weighted by atomic mass is 9.98. The highest BCUT2D eigenvalue weighted by molar-refractivity contribution is 5.73. The molecule has 5 atom stereocenters. The Hall–Kier alpha value is -1.51. The van der Waals surface area contributed by atoms with Gasteiger partial charge < -0.3 is 29.5 Å². The number of aliphatic hydroxyl groups is 2. The maximum atomic E-state index is 11.1. The van der Waals surface area contributed by atoms with Crippen molar-refractivity contribution in [1.82, 2.24) is 0 Å². The Kier molecular flexibility index (Phi) is 5.27. The van der Waals surface area contributed by atoms with Gasteiger partial charge in [0, 0.05) is 7.11 Å². The Balaban J connectivity index is 2.08. The van der Waals surface area contributed by atoms with Crippen molar-refractivity contribution in [2.45, 2.75) is 37.3 Å². The average Bonchev–Trinajstić information content (AvgIpc) is 2.48. The van der Waals surface area contributed by atoms with Crippen molar-refractivity contribution in [2.24, 2.45) is 0 Å². The molecule has 1 aliphatic rings. The van der Waals surface area contributed by atoms with E-state index in [1.165, 1.54) is 7.11 Å². The van der Waals surface area contributed by atoms with Gasteiger partial charge in [-0.2, -0.15) is 0 Å². The predicted octanol–water partition coefficient (Wildman–Crippen LogP) is -0.251. The van der Waals surface area contributed by atoms with Crippen molar-refractivity contribution < 1.29 is 34.3 Å².